The molecule has 3 aromatic rings. The van der Waals surface area contributed by atoms with Crippen LogP contribution in [0, 0.1) is 5.82 Å². The van der Waals surface area contributed by atoms with Crippen molar-refractivity contribution in [1.29, 1.82) is 0 Å². The van der Waals surface area contributed by atoms with Crippen molar-refractivity contribution in [2.45, 2.75) is 18.8 Å². The predicted molar refractivity (Wildman–Crippen MR) is 77.3 cm³/mol. The fourth-order valence-electron chi connectivity index (χ4n) is 2.41. The fraction of sp³-hybridized carbons (Fsp3) is 0.200. The Morgan fingerprint density at radius 1 is 1.25 bits per heavy atom. The summed E-state index contributed by atoms with van der Waals surface area (Å²) in [5, 5.41) is 0. The Morgan fingerprint density at radius 3 is 2.80 bits per heavy atom. The van der Waals surface area contributed by atoms with Crippen LogP contribution < -0.4 is 0 Å². The summed E-state index contributed by atoms with van der Waals surface area (Å²) in [7, 11) is 0. The van der Waals surface area contributed by atoms with E-state index in [0.717, 1.165) is 11.2 Å². The summed E-state index contributed by atoms with van der Waals surface area (Å²) >= 11 is 5.96. The maximum atomic E-state index is 13.8. The van der Waals surface area contributed by atoms with Crippen LogP contribution >= 0.6 is 11.6 Å². The van der Waals surface area contributed by atoms with Crippen molar-refractivity contribution in [3.63, 3.8) is 0 Å². The highest BCUT2D eigenvalue weighted by atomic mass is 35.5. The molecule has 0 spiro atoms. The van der Waals surface area contributed by atoms with Gasteiger partial charge in [-0.1, -0.05) is 12.1 Å². The molecule has 1 unspecified atom stereocenters. The molecule has 0 bridgehead atoms. The maximum Gasteiger partial charge on any atom is 0.151 e. The van der Waals surface area contributed by atoms with Crippen molar-refractivity contribution in [2.75, 3.05) is 0 Å². The lowest BCUT2D eigenvalue weighted by Crippen LogP contribution is -2.11. The number of para-hydroxylation sites is 1. The second-order valence-electron chi connectivity index (χ2n) is 4.57. The lowest BCUT2D eigenvalue weighted by molar-refractivity contribution is 0.616. The molecule has 0 aliphatic carbocycles. The van der Waals surface area contributed by atoms with E-state index in [4.69, 9.17) is 11.6 Å². The molecule has 2 heterocycles. The Morgan fingerprint density at radius 2 is 2.10 bits per heavy atom. The third kappa shape index (κ3) is 2.06. The van der Waals surface area contributed by atoms with Gasteiger partial charge in [-0.25, -0.2) is 9.37 Å². The third-order valence-electron chi connectivity index (χ3n) is 3.37. The van der Waals surface area contributed by atoms with Crippen molar-refractivity contribution >= 4 is 22.6 Å². The Labute approximate surface area is 121 Å². The highest BCUT2D eigenvalue weighted by molar-refractivity contribution is 6.16. The van der Waals surface area contributed by atoms with Gasteiger partial charge in [-0.15, -0.1) is 11.6 Å². The molecule has 5 heteroatoms. The van der Waals surface area contributed by atoms with Crippen LogP contribution in [0.2, 0.25) is 0 Å². The van der Waals surface area contributed by atoms with Crippen molar-refractivity contribution < 1.29 is 4.39 Å². The number of rotatable bonds is 3. The van der Waals surface area contributed by atoms with Crippen LogP contribution in [-0.4, -0.2) is 14.5 Å². The fourth-order valence-corrected chi connectivity index (χ4v) is 2.60. The van der Waals surface area contributed by atoms with Gasteiger partial charge in [0.1, 0.15) is 11.3 Å². The van der Waals surface area contributed by atoms with Crippen LogP contribution in [0.15, 0.2) is 42.6 Å². The number of hydrogen-bond donors (Lipinski definition) is 0. The molecular weight excluding hydrogens is 277 g/mol. The Bertz CT molecular complexity index is 739. The summed E-state index contributed by atoms with van der Waals surface area (Å²) in [5.41, 5.74) is 1.98. The smallest absolute Gasteiger partial charge is 0.151 e. The molecule has 1 aromatic carbocycles. The molecule has 0 fully saturated rings. The molecular formula is C15H13ClFN3. The minimum absolute atomic E-state index is 0.0586. The molecule has 102 valence electrons. The Hall–Kier alpha value is -1.94. The molecule has 0 saturated carbocycles. The van der Waals surface area contributed by atoms with Gasteiger partial charge in [0.15, 0.2) is 5.82 Å². The highest BCUT2D eigenvalue weighted by Gasteiger charge is 2.19. The first-order valence-corrected chi connectivity index (χ1v) is 6.88. The van der Waals surface area contributed by atoms with Crippen molar-refractivity contribution in [3.05, 3.63) is 59.9 Å². The zero-order valence-corrected chi connectivity index (χ0v) is 11.7. The number of pyridine rings is 1. The van der Waals surface area contributed by atoms with Gasteiger partial charge >= 0.3 is 0 Å². The second kappa shape index (κ2) is 5.21. The van der Waals surface area contributed by atoms with Crippen LogP contribution in [0.4, 0.5) is 4.39 Å². The molecule has 20 heavy (non-hydrogen) atoms. The van der Waals surface area contributed by atoms with Gasteiger partial charge in [-0.05, 0) is 31.2 Å². The molecule has 1 atom stereocenters. The van der Waals surface area contributed by atoms with E-state index in [1.54, 1.807) is 12.3 Å². The van der Waals surface area contributed by atoms with Crippen LogP contribution in [0.25, 0.3) is 11.0 Å². The van der Waals surface area contributed by atoms with E-state index in [1.165, 1.54) is 6.07 Å². The number of hydrogen-bond acceptors (Lipinski definition) is 2. The molecule has 0 amide bonds. The number of alkyl halides is 1. The van der Waals surface area contributed by atoms with Crippen LogP contribution in [0.5, 0.6) is 0 Å². The minimum Gasteiger partial charge on any atom is -0.318 e. The molecule has 3 rings (SSSR count). The summed E-state index contributed by atoms with van der Waals surface area (Å²) in [6.45, 7) is 2.00. The van der Waals surface area contributed by atoms with E-state index in [-0.39, 0.29) is 17.7 Å². The first-order valence-electron chi connectivity index (χ1n) is 6.34. The average molecular weight is 290 g/mol. The van der Waals surface area contributed by atoms with Crippen molar-refractivity contribution in [2.24, 2.45) is 0 Å². The van der Waals surface area contributed by atoms with E-state index in [2.05, 4.69) is 9.97 Å². The molecule has 3 nitrogen and oxygen atoms in total. The van der Waals surface area contributed by atoms with E-state index < -0.39 is 0 Å². The van der Waals surface area contributed by atoms with E-state index >= 15 is 0 Å². The maximum absolute atomic E-state index is 13.8. The summed E-state index contributed by atoms with van der Waals surface area (Å²) in [6.07, 6.45) is 1.74. The quantitative estimate of drug-likeness (QED) is 0.684. The molecule has 0 N–H and O–H groups in total. The van der Waals surface area contributed by atoms with Gasteiger partial charge in [0.2, 0.25) is 0 Å². The highest BCUT2D eigenvalue weighted by Crippen LogP contribution is 2.27. The zero-order valence-electron chi connectivity index (χ0n) is 10.9. The number of nitrogens with zero attached hydrogens (tertiary/aromatic N) is 3. The van der Waals surface area contributed by atoms with Gasteiger partial charge in [0, 0.05) is 6.20 Å². The Balaban J connectivity index is 2.22. The first-order chi connectivity index (χ1) is 9.72. The topological polar surface area (TPSA) is 30.7 Å². The molecule has 0 aliphatic heterocycles. The summed E-state index contributed by atoms with van der Waals surface area (Å²) in [5.74, 6) is 0.538. The molecule has 2 aromatic heterocycles. The average Bonchev–Trinajstić information content (AvgIpc) is 2.87. The normalized spacial score (nSPS) is 12.8. The minimum atomic E-state index is -0.333. The van der Waals surface area contributed by atoms with E-state index in [9.17, 15) is 4.39 Å². The molecule has 0 saturated heterocycles. The third-order valence-corrected chi connectivity index (χ3v) is 3.61. The largest absolute Gasteiger partial charge is 0.318 e. The van der Waals surface area contributed by atoms with Crippen LogP contribution in [-0.2, 0) is 5.88 Å². The molecule has 0 radical (unpaired) electrons. The summed E-state index contributed by atoms with van der Waals surface area (Å²) < 4.78 is 15.8. The van der Waals surface area contributed by atoms with Crippen LogP contribution in [0.3, 0.4) is 0 Å². The van der Waals surface area contributed by atoms with Crippen molar-refractivity contribution in [3.8, 4) is 0 Å². The van der Waals surface area contributed by atoms with Gasteiger partial charge in [0.05, 0.1) is 23.1 Å². The SMILES string of the molecule is CC(c1ccccn1)n1c(CCl)nc2c(F)cccc21. The van der Waals surface area contributed by atoms with E-state index in [1.807, 2.05) is 35.8 Å². The monoisotopic (exact) mass is 289 g/mol. The zero-order chi connectivity index (χ0) is 14.1. The lowest BCUT2D eigenvalue weighted by atomic mass is 10.2. The van der Waals surface area contributed by atoms with Gasteiger partial charge < -0.3 is 4.57 Å². The number of benzene rings is 1. The number of aromatic nitrogens is 3. The standard InChI is InChI=1S/C15H13ClFN3/c1-10(12-6-2-3-8-18-12)20-13-7-4-5-11(17)15(13)19-14(20)9-16/h2-8,10H,9H2,1H3. The number of imidazole rings is 1. The summed E-state index contributed by atoms with van der Waals surface area (Å²) in [6, 6.07) is 10.6. The van der Waals surface area contributed by atoms with Gasteiger partial charge in [-0.3, -0.25) is 4.98 Å². The Kier molecular flexibility index (Phi) is 3.40. The number of halogens is 2. The van der Waals surface area contributed by atoms with Crippen LogP contribution in [0.1, 0.15) is 24.5 Å². The van der Waals surface area contributed by atoms with Gasteiger partial charge in [0.25, 0.3) is 0 Å². The van der Waals surface area contributed by atoms with Gasteiger partial charge in [-0.2, -0.15) is 0 Å². The molecule has 0 aliphatic rings. The van der Waals surface area contributed by atoms with Crippen molar-refractivity contribution in [1.82, 2.24) is 14.5 Å². The number of fused-ring (bicyclic) bond motifs is 1. The lowest BCUT2D eigenvalue weighted by Gasteiger charge is -2.16. The van der Waals surface area contributed by atoms with E-state index in [0.29, 0.717) is 11.3 Å². The summed E-state index contributed by atoms with van der Waals surface area (Å²) in [4.78, 5) is 8.66. The predicted octanol–water partition coefficient (Wildman–Crippen LogP) is 3.92. The first kappa shape index (κ1) is 13.1. The second-order valence-corrected chi connectivity index (χ2v) is 4.84.